The molecule has 0 spiro atoms. The number of halogens is 1. The quantitative estimate of drug-likeness (QED) is 0.599. The molecule has 1 aromatic rings. The number of aldehydes is 1. The summed E-state index contributed by atoms with van der Waals surface area (Å²) in [5.74, 6) is 0.499. The van der Waals surface area contributed by atoms with Crippen molar-refractivity contribution in [2.24, 2.45) is 5.92 Å². The van der Waals surface area contributed by atoms with Gasteiger partial charge in [0.05, 0.1) is 5.69 Å². The van der Waals surface area contributed by atoms with Crippen molar-refractivity contribution in [1.82, 2.24) is 9.97 Å². The first-order valence-electron chi connectivity index (χ1n) is 5.41. The van der Waals surface area contributed by atoms with Crippen LogP contribution in [0.5, 0.6) is 0 Å². The number of aromatic nitrogens is 2. The van der Waals surface area contributed by atoms with E-state index in [0.29, 0.717) is 12.3 Å². The lowest BCUT2D eigenvalue weighted by molar-refractivity contribution is -0.108. The molecule has 0 fully saturated rings. The molecule has 1 aromatic heterocycles. The average Bonchev–Trinajstić information content (AvgIpc) is 2.30. The van der Waals surface area contributed by atoms with E-state index in [1.165, 1.54) is 5.57 Å². The summed E-state index contributed by atoms with van der Waals surface area (Å²) in [4.78, 5) is 18.5. The third-order valence-electron chi connectivity index (χ3n) is 2.90. The molecule has 0 N–H and O–H groups in total. The van der Waals surface area contributed by atoms with E-state index in [9.17, 15) is 4.79 Å². The third kappa shape index (κ3) is 2.67. The van der Waals surface area contributed by atoms with Gasteiger partial charge in [-0.2, -0.15) is 0 Å². The monoisotopic (exact) mass is 236 g/mol. The normalized spacial score (nSPS) is 20.3. The highest BCUT2D eigenvalue weighted by atomic mass is 35.5. The molecule has 1 aliphatic rings. The van der Waals surface area contributed by atoms with Gasteiger partial charge in [-0.25, -0.2) is 9.97 Å². The van der Waals surface area contributed by atoms with Crippen molar-refractivity contribution < 1.29 is 4.79 Å². The molecule has 84 valence electrons. The van der Waals surface area contributed by atoms with E-state index in [4.69, 9.17) is 11.6 Å². The van der Waals surface area contributed by atoms with Crippen molar-refractivity contribution >= 4 is 23.5 Å². The van der Waals surface area contributed by atoms with Crippen molar-refractivity contribution in [3.63, 3.8) is 0 Å². The summed E-state index contributed by atoms with van der Waals surface area (Å²) in [5, 5.41) is 0.286. The lowest BCUT2D eigenvalue weighted by Gasteiger charge is -2.19. The minimum absolute atomic E-state index is 0.286. The average molecular weight is 237 g/mol. The van der Waals surface area contributed by atoms with Crippen LogP contribution in [0.25, 0.3) is 5.57 Å². The first-order valence-corrected chi connectivity index (χ1v) is 5.79. The fourth-order valence-electron chi connectivity index (χ4n) is 1.99. The summed E-state index contributed by atoms with van der Waals surface area (Å²) in [6.07, 6.45) is 8.46. The smallest absolute Gasteiger partial charge is 0.222 e. The van der Waals surface area contributed by atoms with Crippen LogP contribution in [0.1, 0.15) is 31.4 Å². The van der Waals surface area contributed by atoms with E-state index < -0.39 is 0 Å². The Labute approximate surface area is 99.6 Å². The van der Waals surface area contributed by atoms with Gasteiger partial charge in [0.15, 0.2) is 0 Å². The van der Waals surface area contributed by atoms with Gasteiger partial charge in [0.2, 0.25) is 5.28 Å². The Morgan fingerprint density at radius 3 is 3.06 bits per heavy atom. The second-order valence-electron chi connectivity index (χ2n) is 3.98. The second-order valence-corrected chi connectivity index (χ2v) is 4.32. The molecule has 1 heterocycles. The lowest BCUT2D eigenvalue weighted by atomic mass is 9.87. The minimum atomic E-state index is 0.286. The topological polar surface area (TPSA) is 42.9 Å². The Hall–Kier alpha value is -1.22. The fourth-order valence-corrected chi connectivity index (χ4v) is 2.13. The van der Waals surface area contributed by atoms with Crippen LogP contribution in [0.3, 0.4) is 0 Å². The predicted molar refractivity (Wildman–Crippen MR) is 63.0 cm³/mol. The molecule has 3 nitrogen and oxygen atoms in total. The number of hydrogen-bond acceptors (Lipinski definition) is 3. The molecule has 1 aliphatic carbocycles. The summed E-state index contributed by atoms with van der Waals surface area (Å²) < 4.78 is 0. The minimum Gasteiger partial charge on any atom is -0.303 e. The molecule has 0 bridgehead atoms. The zero-order valence-corrected chi connectivity index (χ0v) is 9.65. The van der Waals surface area contributed by atoms with Gasteiger partial charge in [-0.15, -0.1) is 0 Å². The number of rotatable bonds is 3. The predicted octanol–water partition coefficient (Wildman–Crippen LogP) is 2.90. The van der Waals surface area contributed by atoms with E-state index in [1.807, 2.05) is 6.07 Å². The van der Waals surface area contributed by atoms with Gasteiger partial charge in [-0.05, 0) is 48.4 Å². The second kappa shape index (κ2) is 5.21. The van der Waals surface area contributed by atoms with Crippen molar-refractivity contribution in [3.8, 4) is 0 Å². The van der Waals surface area contributed by atoms with E-state index >= 15 is 0 Å². The molecule has 4 heteroatoms. The molecule has 0 saturated heterocycles. The largest absolute Gasteiger partial charge is 0.303 e. The highest BCUT2D eigenvalue weighted by Crippen LogP contribution is 2.30. The van der Waals surface area contributed by atoms with Gasteiger partial charge in [-0.1, -0.05) is 6.08 Å². The maximum atomic E-state index is 10.4. The fraction of sp³-hybridized carbons (Fsp3) is 0.417. The highest BCUT2D eigenvalue weighted by molar-refractivity contribution is 6.28. The molecular formula is C12H13ClN2O. The van der Waals surface area contributed by atoms with Crippen LogP contribution in [0.2, 0.25) is 5.28 Å². The first-order chi connectivity index (χ1) is 7.79. The third-order valence-corrected chi connectivity index (χ3v) is 3.09. The zero-order valence-electron chi connectivity index (χ0n) is 8.90. The summed E-state index contributed by atoms with van der Waals surface area (Å²) in [6.45, 7) is 0. The van der Waals surface area contributed by atoms with E-state index in [-0.39, 0.29) is 5.28 Å². The zero-order chi connectivity index (χ0) is 11.4. The number of carbonyl (C=O) groups is 1. The molecule has 0 radical (unpaired) electrons. The first kappa shape index (κ1) is 11.3. The van der Waals surface area contributed by atoms with Gasteiger partial charge in [-0.3, -0.25) is 0 Å². The molecule has 16 heavy (non-hydrogen) atoms. The molecule has 0 amide bonds. The summed E-state index contributed by atoms with van der Waals surface area (Å²) in [7, 11) is 0. The maximum absolute atomic E-state index is 10.4. The molecule has 0 saturated carbocycles. The van der Waals surface area contributed by atoms with Crippen molar-refractivity contribution in [2.45, 2.75) is 25.7 Å². The molecular weight excluding hydrogens is 224 g/mol. The van der Waals surface area contributed by atoms with Crippen LogP contribution >= 0.6 is 11.6 Å². The molecule has 0 aliphatic heterocycles. The van der Waals surface area contributed by atoms with Gasteiger partial charge >= 0.3 is 0 Å². The van der Waals surface area contributed by atoms with Crippen molar-refractivity contribution in [1.29, 1.82) is 0 Å². The Morgan fingerprint density at radius 2 is 2.44 bits per heavy atom. The van der Waals surface area contributed by atoms with Gasteiger partial charge < -0.3 is 4.79 Å². The van der Waals surface area contributed by atoms with Gasteiger partial charge in [0.1, 0.15) is 6.29 Å². The van der Waals surface area contributed by atoms with E-state index in [0.717, 1.165) is 31.2 Å². The van der Waals surface area contributed by atoms with Crippen LogP contribution in [0.15, 0.2) is 18.3 Å². The maximum Gasteiger partial charge on any atom is 0.222 e. The van der Waals surface area contributed by atoms with Gasteiger partial charge in [0.25, 0.3) is 0 Å². The van der Waals surface area contributed by atoms with Crippen molar-refractivity contribution in [2.75, 3.05) is 0 Å². The number of carbonyl (C=O) groups excluding carboxylic acids is 1. The summed E-state index contributed by atoms with van der Waals surface area (Å²) >= 11 is 5.75. The van der Waals surface area contributed by atoms with Gasteiger partial charge in [0, 0.05) is 12.6 Å². The van der Waals surface area contributed by atoms with Crippen LogP contribution in [0, 0.1) is 5.92 Å². The number of allylic oxidation sites excluding steroid dienone is 2. The highest BCUT2D eigenvalue weighted by Gasteiger charge is 2.15. The Bertz CT molecular complexity index is 417. The Balaban J connectivity index is 2.10. The SMILES string of the molecule is O=CCC1CC=C(c2ccnc(Cl)n2)CC1. The Kier molecular flexibility index (Phi) is 3.67. The molecule has 2 rings (SSSR count). The Morgan fingerprint density at radius 1 is 1.56 bits per heavy atom. The number of hydrogen-bond donors (Lipinski definition) is 0. The lowest BCUT2D eigenvalue weighted by Crippen LogP contribution is -2.06. The van der Waals surface area contributed by atoms with Crippen LogP contribution < -0.4 is 0 Å². The standard InChI is InChI=1S/C12H13ClN2O/c13-12-14-7-5-11(15-12)10-3-1-9(2-4-10)6-8-16/h3,5,7-9H,1-2,4,6H2. The molecule has 1 unspecified atom stereocenters. The summed E-state index contributed by atoms with van der Waals surface area (Å²) in [5.41, 5.74) is 2.12. The summed E-state index contributed by atoms with van der Waals surface area (Å²) in [6, 6.07) is 1.87. The van der Waals surface area contributed by atoms with Crippen molar-refractivity contribution in [3.05, 3.63) is 29.3 Å². The van der Waals surface area contributed by atoms with E-state index in [2.05, 4.69) is 16.0 Å². The molecule has 1 atom stereocenters. The van der Waals surface area contributed by atoms with Crippen LogP contribution in [-0.2, 0) is 4.79 Å². The van der Waals surface area contributed by atoms with Crippen LogP contribution in [0.4, 0.5) is 0 Å². The number of nitrogens with zero attached hydrogens (tertiary/aromatic N) is 2. The van der Waals surface area contributed by atoms with Crippen LogP contribution in [-0.4, -0.2) is 16.3 Å². The molecule has 0 aromatic carbocycles. The van der Waals surface area contributed by atoms with E-state index in [1.54, 1.807) is 6.20 Å².